The lowest BCUT2D eigenvalue weighted by molar-refractivity contribution is 0.102. The van der Waals surface area contributed by atoms with Crippen molar-refractivity contribution in [2.24, 2.45) is 0 Å². The molecule has 0 aliphatic heterocycles. The van der Waals surface area contributed by atoms with Crippen LogP contribution in [-0.4, -0.2) is 21.1 Å². The third kappa shape index (κ3) is 3.06. The van der Waals surface area contributed by atoms with Gasteiger partial charge in [0, 0.05) is 29.1 Å². The van der Waals surface area contributed by atoms with Gasteiger partial charge in [-0.3, -0.25) is 14.9 Å². The SMILES string of the molecule is CCc1c(NC(=O)c2ccc(C)cc2C)n[nH]c1-c1ccncc1. The summed E-state index contributed by atoms with van der Waals surface area (Å²) in [5.41, 5.74) is 5.65. The standard InChI is InChI=1S/C19H20N4O/c1-4-15-17(14-7-9-20-10-8-14)22-23-18(15)21-19(24)16-6-5-12(2)11-13(16)3/h5-11H,4H2,1-3H3,(H2,21,22,23,24). The molecule has 0 saturated heterocycles. The lowest BCUT2D eigenvalue weighted by atomic mass is 10.0. The van der Waals surface area contributed by atoms with E-state index in [0.29, 0.717) is 11.4 Å². The molecule has 24 heavy (non-hydrogen) atoms. The predicted octanol–water partition coefficient (Wildman–Crippen LogP) is 3.90. The Labute approximate surface area is 141 Å². The van der Waals surface area contributed by atoms with Crippen molar-refractivity contribution < 1.29 is 4.79 Å². The lowest BCUT2D eigenvalue weighted by Gasteiger charge is -2.08. The van der Waals surface area contributed by atoms with Gasteiger partial charge in [-0.15, -0.1) is 0 Å². The second kappa shape index (κ2) is 6.66. The summed E-state index contributed by atoms with van der Waals surface area (Å²) in [6.45, 7) is 6.00. The summed E-state index contributed by atoms with van der Waals surface area (Å²) in [7, 11) is 0. The van der Waals surface area contributed by atoms with E-state index in [2.05, 4.69) is 20.5 Å². The molecule has 5 nitrogen and oxygen atoms in total. The zero-order chi connectivity index (χ0) is 17.1. The van der Waals surface area contributed by atoms with E-state index in [1.165, 1.54) is 0 Å². The Morgan fingerprint density at radius 1 is 1.17 bits per heavy atom. The molecule has 0 saturated carbocycles. The number of benzene rings is 1. The second-order valence-corrected chi connectivity index (χ2v) is 5.79. The summed E-state index contributed by atoms with van der Waals surface area (Å²) in [4.78, 5) is 16.6. The highest BCUT2D eigenvalue weighted by Gasteiger charge is 2.17. The van der Waals surface area contributed by atoms with Crippen molar-refractivity contribution in [3.05, 3.63) is 65.0 Å². The summed E-state index contributed by atoms with van der Waals surface area (Å²) in [6.07, 6.45) is 4.24. The molecule has 0 radical (unpaired) electrons. The van der Waals surface area contributed by atoms with Crippen molar-refractivity contribution in [2.45, 2.75) is 27.2 Å². The molecule has 122 valence electrons. The summed E-state index contributed by atoms with van der Waals surface area (Å²) >= 11 is 0. The highest BCUT2D eigenvalue weighted by molar-refractivity contribution is 6.05. The second-order valence-electron chi connectivity index (χ2n) is 5.79. The van der Waals surface area contributed by atoms with Crippen molar-refractivity contribution in [3.8, 4) is 11.3 Å². The number of carbonyl (C=O) groups excluding carboxylic acids is 1. The Morgan fingerprint density at radius 2 is 1.92 bits per heavy atom. The molecule has 2 N–H and O–H groups in total. The maximum absolute atomic E-state index is 12.6. The van der Waals surface area contributed by atoms with Crippen LogP contribution in [0.4, 0.5) is 5.82 Å². The van der Waals surface area contributed by atoms with Crippen molar-refractivity contribution in [1.82, 2.24) is 15.2 Å². The molecule has 3 aromatic rings. The van der Waals surface area contributed by atoms with Gasteiger partial charge < -0.3 is 5.32 Å². The van der Waals surface area contributed by atoms with Gasteiger partial charge in [-0.1, -0.05) is 24.6 Å². The fourth-order valence-corrected chi connectivity index (χ4v) is 2.81. The number of nitrogens with zero attached hydrogens (tertiary/aromatic N) is 2. The minimum atomic E-state index is -0.144. The third-order valence-corrected chi connectivity index (χ3v) is 4.05. The average molecular weight is 320 g/mol. The zero-order valence-electron chi connectivity index (χ0n) is 14.1. The summed E-state index contributed by atoms with van der Waals surface area (Å²) in [5, 5.41) is 10.3. The van der Waals surface area contributed by atoms with Crippen LogP contribution in [0, 0.1) is 13.8 Å². The number of anilines is 1. The highest BCUT2D eigenvalue weighted by Crippen LogP contribution is 2.27. The quantitative estimate of drug-likeness (QED) is 0.766. The highest BCUT2D eigenvalue weighted by atomic mass is 16.1. The van der Waals surface area contributed by atoms with E-state index in [4.69, 9.17) is 0 Å². The first kappa shape index (κ1) is 15.9. The molecule has 0 aliphatic rings. The van der Waals surface area contributed by atoms with Crippen LogP contribution in [0.15, 0.2) is 42.7 Å². The summed E-state index contributed by atoms with van der Waals surface area (Å²) in [6, 6.07) is 9.63. The Hall–Kier alpha value is -2.95. The van der Waals surface area contributed by atoms with Gasteiger partial charge in [0.25, 0.3) is 5.91 Å². The number of hydrogen-bond acceptors (Lipinski definition) is 3. The number of H-pyrrole nitrogens is 1. The normalized spacial score (nSPS) is 10.6. The van der Waals surface area contributed by atoms with Gasteiger partial charge in [0.15, 0.2) is 5.82 Å². The van der Waals surface area contributed by atoms with E-state index in [1.54, 1.807) is 12.4 Å². The number of rotatable bonds is 4. The molecule has 2 heterocycles. The van der Waals surface area contributed by atoms with E-state index in [-0.39, 0.29) is 5.91 Å². The van der Waals surface area contributed by atoms with Crippen molar-refractivity contribution in [3.63, 3.8) is 0 Å². The van der Waals surface area contributed by atoms with Gasteiger partial charge in [0.05, 0.1) is 5.69 Å². The van der Waals surface area contributed by atoms with Crippen LogP contribution in [0.5, 0.6) is 0 Å². The molecule has 3 rings (SSSR count). The molecule has 2 aromatic heterocycles. The van der Waals surface area contributed by atoms with Gasteiger partial charge in [0.1, 0.15) is 0 Å². The van der Waals surface area contributed by atoms with Gasteiger partial charge in [0.2, 0.25) is 0 Å². The summed E-state index contributed by atoms with van der Waals surface area (Å²) < 4.78 is 0. The van der Waals surface area contributed by atoms with Gasteiger partial charge in [-0.25, -0.2) is 0 Å². The molecular formula is C19H20N4O. The number of pyridine rings is 1. The van der Waals surface area contributed by atoms with Crippen LogP contribution >= 0.6 is 0 Å². The average Bonchev–Trinajstić information content (AvgIpc) is 2.98. The molecule has 5 heteroatoms. The minimum absolute atomic E-state index is 0.144. The largest absolute Gasteiger partial charge is 0.305 e. The predicted molar refractivity (Wildman–Crippen MR) is 95.1 cm³/mol. The number of amides is 1. The van der Waals surface area contributed by atoms with Gasteiger partial charge in [-0.05, 0) is 44.0 Å². The zero-order valence-corrected chi connectivity index (χ0v) is 14.1. The third-order valence-electron chi connectivity index (χ3n) is 4.05. The van der Waals surface area contributed by atoms with Crippen molar-refractivity contribution in [1.29, 1.82) is 0 Å². The van der Waals surface area contributed by atoms with Crippen LogP contribution in [0.3, 0.4) is 0 Å². The van der Waals surface area contributed by atoms with Crippen LogP contribution in [0.1, 0.15) is 34.0 Å². The van der Waals surface area contributed by atoms with Gasteiger partial charge >= 0.3 is 0 Å². The van der Waals surface area contributed by atoms with Crippen LogP contribution in [-0.2, 0) is 6.42 Å². The Morgan fingerprint density at radius 3 is 2.58 bits per heavy atom. The number of aromatic amines is 1. The molecule has 0 atom stereocenters. The number of nitrogens with one attached hydrogen (secondary N) is 2. The Balaban J connectivity index is 1.91. The molecule has 0 bridgehead atoms. The van der Waals surface area contributed by atoms with E-state index in [1.807, 2.05) is 51.1 Å². The molecule has 1 amide bonds. The van der Waals surface area contributed by atoms with Gasteiger partial charge in [-0.2, -0.15) is 5.10 Å². The smallest absolute Gasteiger partial charge is 0.257 e. The molecule has 0 spiro atoms. The first-order valence-corrected chi connectivity index (χ1v) is 7.96. The molecule has 1 aromatic carbocycles. The van der Waals surface area contributed by atoms with Crippen molar-refractivity contribution in [2.75, 3.05) is 5.32 Å². The fourth-order valence-electron chi connectivity index (χ4n) is 2.81. The molecule has 0 fully saturated rings. The van der Waals surface area contributed by atoms with E-state index in [9.17, 15) is 4.79 Å². The lowest BCUT2D eigenvalue weighted by Crippen LogP contribution is -2.14. The summed E-state index contributed by atoms with van der Waals surface area (Å²) in [5.74, 6) is 0.435. The number of carbonyl (C=O) groups is 1. The number of aromatic nitrogens is 3. The first-order chi connectivity index (χ1) is 11.6. The topological polar surface area (TPSA) is 70.7 Å². The maximum Gasteiger partial charge on any atom is 0.257 e. The fraction of sp³-hybridized carbons (Fsp3) is 0.211. The molecule has 0 aliphatic carbocycles. The molecular weight excluding hydrogens is 300 g/mol. The number of aryl methyl sites for hydroxylation is 2. The van der Waals surface area contributed by atoms with Crippen LogP contribution < -0.4 is 5.32 Å². The Kier molecular flexibility index (Phi) is 4.42. The van der Waals surface area contributed by atoms with Crippen molar-refractivity contribution >= 4 is 11.7 Å². The van der Waals surface area contributed by atoms with E-state index >= 15 is 0 Å². The first-order valence-electron chi connectivity index (χ1n) is 7.96. The molecule has 0 unspecified atom stereocenters. The van der Waals surface area contributed by atoms with E-state index in [0.717, 1.165) is 34.4 Å². The van der Waals surface area contributed by atoms with E-state index < -0.39 is 0 Å². The maximum atomic E-state index is 12.6. The van der Waals surface area contributed by atoms with Crippen LogP contribution in [0.25, 0.3) is 11.3 Å². The Bertz CT molecular complexity index is 868. The number of hydrogen-bond donors (Lipinski definition) is 2. The van der Waals surface area contributed by atoms with Crippen LogP contribution in [0.2, 0.25) is 0 Å². The monoisotopic (exact) mass is 320 g/mol. The minimum Gasteiger partial charge on any atom is -0.305 e.